The van der Waals surface area contributed by atoms with Crippen LogP contribution in [-0.2, 0) is 17.4 Å². The quantitative estimate of drug-likeness (QED) is 0.287. The molecule has 1 aliphatic heterocycles. The summed E-state index contributed by atoms with van der Waals surface area (Å²) < 4.78 is 4.92. The molecule has 0 saturated heterocycles. The molecule has 3 aromatic rings. The molecule has 0 bridgehead atoms. The van der Waals surface area contributed by atoms with Gasteiger partial charge in [0.25, 0.3) is 11.6 Å². The average Bonchev–Trinajstić information content (AvgIpc) is 3.24. The van der Waals surface area contributed by atoms with E-state index < -0.39 is 0 Å². The van der Waals surface area contributed by atoms with Crippen molar-refractivity contribution >= 4 is 0 Å². The van der Waals surface area contributed by atoms with Crippen LogP contribution in [0.2, 0.25) is 0 Å². The summed E-state index contributed by atoms with van der Waals surface area (Å²) in [6, 6.07) is 16.8. The van der Waals surface area contributed by atoms with Crippen LogP contribution in [0.5, 0.6) is 0 Å². The number of unbranched alkanes of at least 4 members (excludes halogenated alkanes) is 1. The first-order valence-corrected chi connectivity index (χ1v) is 14.0. The van der Waals surface area contributed by atoms with Crippen molar-refractivity contribution in [2.45, 2.75) is 117 Å². The van der Waals surface area contributed by atoms with E-state index in [2.05, 4.69) is 107 Å². The Morgan fingerprint density at radius 3 is 2.20 bits per heavy atom. The molecule has 0 spiro atoms. The van der Waals surface area contributed by atoms with Gasteiger partial charge in [0.05, 0.1) is 11.1 Å². The molecule has 0 amide bonds. The molecule has 4 rings (SSSR count). The van der Waals surface area contributed by atoms with E-state index in [4.69, 9.17) is 5.10 Å². The fourth-order valence-electron chi connectivity index (χ4n) is 6.48. The van der Waals surface area contributed by atoms with Crippen LogP contribution in [0, 0.1) is 6.92 Å². The number of hydrogen-bond donors (Lipinski definition) is 0. The molecule has 0 N–H and O–H groups in total. The SMILES string of the molecule is CCCCc1ccc(-c2ccc3c(c2)-c2n(C(C)CCC)nc(C)[n+]2C(C)(CC)C3(C)CC)cc1. The lowest BCUT2D eigenvalue weighted by molar-refractivity contribution is -0.770. The number of benzene rings is 2. The molecule has 35 heavy (non-hydrogen) atoms. The Hall–Kier alpha value is -2.42. The number of aryl methyl sites for hydroxylation is 2. The van der Waals surface area contributed by atoms with Crippen molar-refractivity contribution in [1.29, 1.82) is 0 Å². The van der Waals surface area contributed by atoms with Crippen molar-refractivity contribution in [3.63, 3.8) is 0 Å². The van der Waals surface area contributed by atoms with E-state index in [0.29, 0.717) is 6.04 Å². The van der Waals surface area contributed by atoms with Gasteiger partial charge in [-0.15, -0.1) is 4.68 Å². The zero-order valence-electron chi connectivity index (χ0n) is 23.4. The molecule has 1 aromatic heterocycles. The third-order valence-electron chi connectivity index (χ3n) is 9.17. The second-order valence-electron chi connectivity index (χ2n) is 11.2. The Morgan fingerprint density at radius 2 is 1.60 bits per heavy atom. The summed E-state index contributed by atoms with van der Waals surface area (Å²) in [5.74, 6) is 2.42. The van der Waals surface area contributed by atoms with Gasteiger partial charge in [-0.1, -0.05) is 83.9 Å². The minimum atomic E-state index is -0.0270. The van der Waals surface area contributed by atoms with E-state index in [9.17, 15) is 0 Å². The second kappa shape index (κ2) is 9.91. The summed E-state index contributed by atoms with van der Waals surface area (Å²) in [4.78, 5) is 0. The third kappa shape index (κ3) is 4.05. The first-order chi connectivity index (χ1) is 16.7. The van der Waals surface area contributed by atoms with E-state index in [1.807, 2.05) is 0 Å². The number of aromatic nitrogens is 3. The lowest BCUT2D eigenvalue weighted by atomic mass is 9.61. The van der Waals surface area contributed by atoms with Gasteiger partial charge in [0, 0.05) is 17.4 Å². The van der Waals surface area contributed by atoms with Gasteiger partial charge >= 0.3 is 0 Å². The van der Waals surface area contributed by atoms with Crippen molar-refractivity contribution < 1.29 is 4.57 Å². The van der Waals surface area contributed by atoms with Crippen LogP contribution in [0.15, 0.2) is 42.5 Å². The maximum Gasteiger partial charge on any atom is 0.275 e. The largest absolute Gasteiger partial charge is 0.275 e. The smallest absolute Gasteiger partial charge is 0.222 e. The summed E-state index contributed by atoms with van der Waals surface area (Å²) in [5.41, 5.74) is 6.86. The van der Waals surface area contributed by atoms with Gasteiger partial charge in [0.1, 0.15) is 6.04 Å². The van der Waals surface area contributed by atoms with Crippen molar-refractivity contribution in [1.82, 2.24) is 9.78 Å². The highest BCUT2D eigenvalue weighted by atomic mass is 15.4. The molecule has 3 atom stereocenters. The maximum atomic E-state index is 5.18. The van der Waals surface area contributed by atoms with Crippen LogP contribution in [0.1, 0.15) is 110 Å². The Labute approximate surface area is 213 Å². The fourth-order valence-corrected chi connectivity index (χ4v) is 6.48. The number of hydrogen-bond acceptors (Lipinski definition) is 1. The van der Waals surface area contributed by atoms with Crippen LogP contribution in [0.4, 0.5) is 0 Å². The molecule has 0 aliphatic carbocycles. The predicted molar refractivity (Wildman–Crippen MR) is 148 cm³/mol. The van der Waals surface area contributed by atoms with Gasteiger partial charge in [-0.2, -0.15) is 0 Å². The standard InChI is InChI=1S/C32H46N3/c1-9-13-15-25-16-18-26(19-17-25)27-20-21-29-28(22-27)30-34(32(8,12-4)31(29,7)11-3)24(6)33-35(30)23(5)14-10-2/h16-23H,9-15H2,1-8H3/q+1. The molecule has 0 fully saturated rings. The monoisotopic (exact) mass is 472 g/mol. The highest BCUT2D eigenvalue weighted by Gasteiger charge is 2.55. The second-order valence-corrected chi connectivity index (χ2v) is 11.2. The van der Waals surface area contributed by atoms with Crippen molar-refractivity contribution in [2.75, 3.05) is 0 Å². The Morgan fingerprint density at radius 1 is 0.914 bits per heavy atom. The Kier molecular flexibility index (Phi) is 7.27. The minimum absolute atomic E-state index is 0.0270. The zero-order valence-corrected chi connectivity index (χ0v) is 23.4. The van der Waals surface area contributed by atoms with E-state index in [0.717, 1.165) is 31.5 Å². The molecule has 2 aromatic carbocycles. The molecular weight excluding hydrogens is 426 g/mol. The van der Waals surface area contributed by atoms with Crippen molar-refractivity contribution in [3.05, 3.63) is 59.4 Å². The first-order valence-electron chi connectivity index (χ1n) is 14.0. The number of rotatable bonds is 9. The number of fused-ring (bicyclic) bond motifs is 3. The van der Waals surface area contributed by atoms with E-state index in [-0.39, 0.29) is 11.0 Å². The van der Waals surface area contributed by atoms with Crippen molar-refractivity contribution in [3.8, 4) is 22.5 Å². The van der Waals surface area contributed by atoms with E-state index >= 15 is 0 Å². The van der Waals surface area contributed by atoms with E-state index in [1.54, 1.807) is 0 Å². The van der Waals surface area contributed by atoms with Gasteiger partial charge in [-0.05, 0) is 74.3 Å². The third-order valence-corrected chi connectivity index (χ3v) is 9.17. The van der Waals surface area contributed by atoms with Crippen LogP contribution in [-0.4, -0.2) is 9.78 Å². The van der Waals surface area contributed by atoms with Crippen LogP contribution in [0.25, 0.3) is 22.5 Å². The summed E-state index contributed by atoms with van der Waals surface area (Å²) >= 11 is 0. The Balaban J connectivity index is 1.93. The lowest BCUT2D eigenvalue weighted by Gasteiger charge is -2.48. The summed E-state index contributed by atoms with van der Waals surface area (Å²) in [6.45, 7) is 18.7. The zero-order chi connectivity index (χ0) is 25.4. The summed E-state index contributed by atoms with van der Waals surface area (Å²) in [5, 5.41) is 5.18. The van der Waals surface area contributed by atoms with Gasteiger partial charge in [0.15, 0.2) is 0 Å². The van der Waals surface area contributed by atoms with Crippen LogP contribution in [0.3, 0.4) is 0 Å². The fraction of sp³-hybridized carbons (Fsp3) is 0.562. The van der Waals surface area contributed by atoms with Gasteiger partial charge in [-0.3, -0.25) is 0 Å². The molecule has 3 nitrogen and oxygen atoms in total. The lowest BCUT2D eigenvalue weighted by Crippen LogP contribution is -2.68. The Bertz CT molecular complexity index is 1170. The molecular formula is C32H46N3+. The highest BCUT2D eigenvalue weighted by Crippen LogP contribution is 2.50. The molecule has 2 heterocycles. The molecule has 3 heteroatoms. The highest BCUT2D eigenvalue weighted by molar-refractivity contribution is 5.74. The predicted octanol–water partition coefficient (Wildman–Crippen LogP) is 8.32. The van der Waals surface area contributed by atoms with Crippen molar-refractivity contribution in [2.24, 2.45) is 0 Å². The van der Waals surface area contributed by atoms with E-state index in [1.165, 1.54) is 52.9 Å². The minimum Gasteiger partial charge on any atom is -0.222 e. The summed E-state index contributed by atoms with van der Waals surface area (Å²) in [7, 11) is 0. The normalized spacial score (nSPS) is 22.1. The van der Waals surface area contributed by atoms with Crippen LogP contribution >= 0.6 is 0 Å². The first kappa shape index (κ1) is 25.7. The molecule has 1 aliphatic rings. The van der Waals surface area contributed by atoms with Crippen LogP contribution < -0.4 is 4.57 Å². The topological polar surface area (TPSA) is 21.7 Å². The molecule has 3 unspecified atom stereocenters. The molecule has 0 radical (unpaired) electrons. The average molecular weight is 473 g/mol. The van der Waals surface area contributed by atoms with Gasteiger partial charge in [0.2, 0.25) is 0 Å². The molecule has 188 valence electrons. The van der Waals surface area contributed by atoms with Gasteiger partial charge < -0.3 is 0 Å². The molecule has 0 saturated carbocycles. The number of nitrogens with zero attached hydrogens (tertiary/aromatic N) is 3. The van der Waals surface area contributed by atoms with Gasteiger partial charge in [-0.25, -0.2) is 4.57 Å². The maximum absolute atomic E-state index is 5.18. The summed E-state index contributed by atoms with van der Waals surface area (Å²) in [6.07, 6.45) is 8.12.